The van der Waals surface area contributed by atoms with Crippen molar-refractivity contribution in [1.82, 2.24) is 5.32 Å². The van der Waals surface area contributed by atoms with Crippen LogP contribution in [0.4, 0.5) is 0 Å². The van der Waals surface area contributed by atoms with Crippen LogP contribution in [0.2, 0.25) is 0 Å². The molecule has 12 atom stereocenters. The Labute approximate surface area is 416 Å². The molecule has 0 aromatic carbocycles. The first kappa shape index (κ1) is 62.8. The van der Waals surface area contributed by atoms with Crippen molar-refractivity contribution < 1.29 is 64.6 Å². The van der Waals surface area contributed by atoms with E-state index in [1.807, 2.05) is 0 Å². The summed E-state index contributed by atoms with van der Waals surface area (Å²) < 4.78 is 22.7. The van der Waals surface area contributed by atoms with Gasteiger partial charge in [0.15, 0.2) is 12.6 Å². The second-order valence-corrected chi connectivity index (χ2v) is 19.0. The van der Waals surface area contributed by atoms with Crippen molar-refractivity contribution in [3.8, 4) is 0 Å². The molecular weight excluding hydrogens is 883 g/mol. The van der Waals surface area contributed by atoms with Gasteiger partial charge in [-0.15, -0.1) is 0 Å². The summed E-state index contributed by atoms with van der Waals surface area (Å²) in [6, 6.07) is -0.827. The van der Waals surface area contributed by atoms with Crippen LogP contribution in [-0.2, 0) is 23.7 Å². The summed E-state index contributed by atoms with van der Waals surface area (Å²) in [6.07, 6.45) is 34.2. The van der Waals surface area contributed by atoms with E-state index >= 15 is 0 Å². The molecule has 0 radical (unpaired) electrons. The van der Waals surface area contributed by atoms with Crippen LogP contribution >= 0.6 is 0 Å². The zero-order valence-electron chi connectivity index (χ0n) is 42.5. The first-order chi connectivity index (χ1) is 33.6. The predicted octanol–water partition coefficient (Wildman–Crippen LogP) is 7.83. The number of rotatable bonds is 41. The van der Waals surface area contributed by atoms with E-state index in [-0.39, 0.29) is 12.5 Å². The Hall–Kier alpha value is -2.31. The van der Waals surface area contributed by atoms with Crippen molar-refractivity contribution in [2.24, 2.45) is 0 Å². The molecule has 69 heavy (non-hydrogen) atoms. The normalized spacial score (nSPS) is 26.6. The largest absolute Gasteiger partial charge is 0.394 e. The van der Waals surface area contributed by atoms with Gasteiger partial charge < -0.3 is 65.1 Å². The summed E-state index contributed by atoms with van der Waals surface area (Å²) in [5.74, 6) is -0.217. The number of hydrogen-bond acceptors (Lipinski definition) is 13. The molecule has 2 aliphatic heterocycles. The molecule has 0 aliphatic carbocycles. The molecule has 9 N–H and O–H groups in total. The summed E-state index contributed by atoms with van der Waals surface area (Å²) in [7, 11) is 0. The minimum Gasteiger partial charge on any atom is -0.394 e. The number of carbonyl (C=O) groups is 1. The van der Waals surface area contributed by atoms with Crippen molar-refractivity contribution in [1.29, 1.82) is 0 Å². The van der Waals surface area contributed by atoms with E-state index in [1.54, 1.807) is 0 Å². The van der Waals surface area contributed by atoms with Gasteiger partial charge in [0, 0.05) is 6.42 Å². The predicted molar refractivity (Wildman–Crippen MR) is 272 cm³/mol. The summed E-state index contributed by atoms with van der Waals surface area (Å²) in [5.41, 5.74) is 0. The monoisotopic (exact) mass is 980 g/mol. The average molecular weight is 980 g/mol. The Morgan fingerprint density at radius 3 is 1.54 bits per heavy atom. The fourth-order valence-electron chi connectivity index (χ4n) is 8.62. The minimum absolute atomic E-state index is 0.217. The number of unbranched alkanes of at least 4 members (excludes halogenated alkanes) is 18. The third kappa shape index (κ3) is 27.9. The number of allylic oxidation sites excluding steroid dienone is 10. The van der Waals surface area contributed by atoms with Gasteiger partial charge in [-0.3, -0.25) is 4.79 Å². The van der Waals surface area contributed by atoms with Gasteiger partial charge in [0.05, 0.1) is 32.0 Å². The summed E-state index contributed by atoms with van der Waals surface area (Å²) in [5, 5.41) is 86.5. The number of amides is 1. The Kier molecular flexibility index (Phi) is 37.5. The standard InChI is InChI=1S/C55H97NO13/c1-3-5-7-9-11-12-13-14-15-16-17-18-19-20-21-22-23-24-25-26-27-28-29-30-31-32-33-35-37-39-47(60)56-43(44(59)38-36-34-10-8-6-4-2)42-66-54-52(65)50(63)53(46(41-58)68-54)69-55-51(64)49(62)48(61)45(40-57)67-55/h5,7,11-12,14-15,17-18,20-21,43-46,48-55,57-59,61-65H,3-4,6,8-10,13,16,19,22-42H2,1-2H3,(H,56,60)/b7-5-,12-11-,15-14-,18-17-,21-20-. The van der Waals surface area contributed by atoms with Crippen molar-refractivity contribution >= 4 is 5.91 Å². The van der Waals surface area contributed by atoms with Crippen LogP contribution in [0.1, 0.15) is 187 Å². The van der Waals surface area contributed by atoms with Gasteiger partial charge in [-0.05, 0) is 57.8 Å². The molecule has 14 nitrogen and oxygen atoms in total. The lowest BCUT2D eigenvalue weighted by Crippen LogP contribution is -2.65. The van der Waals surface area contributed by atoms with Crippen LogP contribution in [0.15, 0.2) is 60.8 Å². The molecule has 0 bridgehead atoms. The van der Waals surface area contributed by atoms with E-state index in [0.29, 0.717) is 12.8 Å². The maximum absolute atomic E-state index is 13.1. The Bertz CT molecular complexity index is 1390. The lowest BCUT2D eigenvalue weighted by Gasteiger charge is -2.46. The number of nitrogens with one attached hydrogen (secondary N) is 1. The van der Waals surface area contributed by atoms with Crippen LogP contribution in [0.3, 0.4) is 0 Å². The van der Waals surface area contributed by atoms with Gasteiger partial charge >= 0.3 is 0 Å². The highest BCUT2D eigenvalue weighted by molar-refractivity contribution is 5.76. The molecule has 12 unspecified atom stereocenters. The molecule has 2 aliphatic rings. The Morgan fingerprint density at radius 2 is 1.00 bits per heavy atom. The highest BCUT2D eigenvalue weighted by atomic mass is 16.7. The molecule has 0 saturated carbocycles. The van der Waals surface area contributed by atoms with E-state index in [9.17, 15) is 45.6 Å². The van der Waals surface area contributed by atoms with Gasteiger partial charge in [-0.2, -0.15) is 0 Å². The quantitative estimate of drug-likeness (QED) is 0.0211. The van der Waals surface area contributed by atoms with Gasteiger partial charge in [0.25, 0.3) is 0 Å². The zero-order valence-corrected chi connectivity index (χ0v) is 42.5. The molecule has 2 fully saturated rings. The third-order valence-corrected chi connectivity index (χ3v) is 13.0. The maximum Gasteiger partial charge on any atom is 0.220 e. The van der Waals surface area contributed by atoms with Crippen LogP contribution in [-0.4, -0.2) is 140 Å². The molecule has 0 spiro atoms. The second-order valence-electron chi connectivity index (χ2n) is 19.0. The maximum atomic E-state index is 13.1. The van der Waals surface area contributed by atoms with E-state index in [2.05, 4.69) is 79.9 Å². The van der Waals surface area contributed by atoms with Gasteiger partial charge in [0.1, 0.15) is 48.8 Å². The molecule has 0 aromatic rings. The topological polar surface area (TPSA) is 228 Å². The molecule has 2 heterocycles. The molecule has 400 valence electrons. The highest BCUT2D eigenvalue weighted by Gasteiger charge is 2.51. The summed E-state index contributed by atoms with van der Waals surface area (Å²) in [6.45, 7) is 2.65. The SMILES string of the molecule is CC/C=C\C/C=C\C/C=C\C/C=C\C/C=C\CCCCCCCCCCCCCCCC(=O)NC(COC1OC(CO)C(OC2OC(CO)C(O)C(O)C2O)C(O)C1O)C(O)CCCCCCCC. The zero-order chi connectivity index (χ0) is 50.3. The summed E-state index contributed by atoms with van der Waals surface area (Å²) in [4.78, 5) is 13.1. The van der Waals surface area contributed by atoms with Crippen molar-refractivity contribution in [3.63, 3.8) is 0 Å². The van der Waals surface area contributed by atoms with Crippen LogP contribution < -0.4 is 5.32 Å². The highest BCUT2D eigenvalue weighted by Crippen LogP contribution is 2.30. The van der Waals surface area contributed by atoms with Crippen LogP contribution in [0.5, 0.6) is 0 Å². The van der Waals surface area contributed by atoms with Crippen molar-refractivity contribution in [2.45, 2.75) is 261 Å². The number of carbonyl (C=O) groups excluding carboxylic acids is 1. The van der Waals surface area contributed by atoms with Crippen LogP contribution in [0, 0.1) is 0 Å². The van der Waals surface area contributed by atoms with E-state index in [4.69, 9.17) is 18.9 Å². The summed E-state index contributed by atoms with van der Waals surface area (Å²) >= 11 is 0. The minimum atomic E-state index is -1.78. The number of hydrogen-bond donors (Lipinski definition) is 9. The smallest absolute Gasteiger partial charge is 0.220 e. The average Bonchev–Trinajstić information content (AvgIpc) is 3.35. The molecular formula is C55H97NO13. The van der Waals surface area contributed by atoms with Gasteiger partial charge in [-0.25, -0.2) is 0 Å². The Balaban J connectivity index is 1.62. The van der Waals surface area contributed by atoms with Crippen molar-refractivity contribution in [3.05, 3.63) is 60.8 Å². The van der Waals surface area contributed by atoms with Gasteiger partial charge in [0.2, 0.25) is 5.91 Å². The number of ether oxygens (including phenoxy) is 4. The first-order valence-corrected chi connectivity index (χ1v) is 27.0. The van der Waals surface area contributed by atoms with Gasteiger partial charge in [-0.1, -0.05) is 184 Å². The fraction of sp³-hybridized carbons (Fsp3) is 0.800. The molecule has 14 heteroatoms. The second kappa shape index (κ2) is 41.2. The third-order valence-electron chi connectivity index (χ3n) is 13.0. The lowest BCUT2D eigenvalue weighted by atomic mass is 9.97. The van der Waals surface area contributed by atoms with E-state index in [1.165, 1.54) is 64.2 Å². The fourth-order valence-corrected chi connectivity index (χ4v) is 8.62. The number of aliphatic hydroxyl groups excluding tert-OH is 8. The lowest BCUT2D eigenvalue weighted by molar-refractivity contribution is -0.359. The molecule has 2 rings (SSSR count). The van der Waals surface area contributed by atoms with Crippen LogP contribution in [0.25, 0.3) is 0 Å². The van der Waals surface area contributed by atoms with Crippen molar-refractivity contribution in [2.75, 3.05) is 19.8 Å². The van der Waals surface area contributed by atoms with E-state index in [0.717, 1.165) is 96.3 Å². The molecule has 0 aromatic heterocycles. The molecule has 2 saturated heterocycles. The molecule has 1 amide bonds. The number of aliphatic hydroxyl groups is 8. The Morgan fingerprint density at radius 1 is 0.536 bits per heavy atom. The van der Waals surface area contributed by atoms with E-state index < -0.39 is 86.8 Å². The first-order valence-electron chi connectivity index (χ1n) is 27.0.